The summed E-state index contributed by atoms with van der Waals surface area (Å²) in [6, 6.07) is 12.1. The van der Waals surface area contributed by atoms with E-state index >= 15 is 0 Å². The maximum absolute atomic E-state index is 12.8. The molecule has 1 aliphatic heterocycles. The van der Waals surface area contributed by atoms with E-state index in [9.17, 15) is 9.59 Å². The van der Waals surface area contributed by atoms with Crippen molar-refractivity contribution >= 4 is 34.9 Å². The van der Waals surface area contributed by atoms with E-state index in [1.165, 1.54) is 22.5 Å². The maximum Gasteiger partial charge on any atom is 0.264 e. The van der Waals surface area contributed by atoms with Gasteiger partial charge < -0.3 is 9.80 Å². The topological polar surface area (TPSA) is 40.6 Å². The molecule has 0 unspecified atom stereocenters. The second-order valence-electron chi connectivity index (χ2n) is 7.09. The number of aryl methyl sites for hydroxylation is 1. The monoisotopic (exact) mass is 402 g/mol. The van der Waals surface area contributed by atoms with Crippen molar-refractivity contribution in [3.05, 3.63) is 57.8 Å². The number of thioether (sulfide) groups is 1. The molecule has 2 aromatic rings. The Morgan fingerprint density at radius 1 is 1.22 bits per heavy atom. The summed E-state index contributed by atoms with van der Waals surface area (Å²) in [7, 11) is 0. The zero-order chi connectivity index (χ0) is 19.6. The van der Waals surface area contributed by atoms with Crippen LogP contribution >= 0.6 is 23.1 Å². The third kappa shape index (κ3) is 4.22. The molecule has 0 N–H and O–H groups in total. The highest BCUT2D eigenvalue weighted by Gasteiger charge is 2.39. The minimum Gasteiger partial charge on any atom is -0.334 e. The zero-order valence-electron chi connectivity index (χ0n) is 16.2. The van der Waals surface area contributed by atoms with E-state index in [0.29, 0.717) is 13.1 Å². The van der Waals surface area contributed by atoms with Crippen molar-refractivity contribution in [1.82, 2.24) is 9.80 Å². The Kier molecular flexibility index (Phi) is 6.27. The van der Waals surface area contributed by atoms with Crippen molar-refractivity contribution < 1.29 is 9.59 Å². The molecule has 4 nitrogen and oxygen atoms in total. The van der Waals surface area contributed by atoms with Gasteiger partial charge in [0.05, 0.1) is 10.1 Å². The smallest absolute Gasteiger partial charge is 0.264 e. The van der Waals surface area contributed by atoms with Gasteiger partial charge in [-0.25, -0.2) is 0 Å². The quantitative estimate of drug-likeness (QED) is 0.711. The summed E-state index contributed by atoms with van der Waals surface area (Å²) in [5.74, 6) is 0.195. The number of hydrogen-bond donors (Lipinski definition) is 0. The molecule has 1 fully saturated rings. The van der Waals surface area contributed by atoms with Crippen LogP contribution in [0.5, 0.6) is 0 Å². The summed E-state index contributed by atoms with van der Waals surface area (Å²) in [6.07, 6.45) is 0. The zero-order valence-corrected chi connectivity index (χ0v) is 17.8. The third-order valence-electron chi connectivity index (χ3n) is 4.90. The Bertz CT molecular complexity index is 804. The van der Waals surface area contributed by atoms with Crippen LogP contribution in [0.3, 0.4) is 0 Å². The average Bonchev–Trinajstić information content (AvgIpc) is 3.26. The summed E-state index contributed by atoms with van der Waals surface area (Å²) in [5, 5.41) is 1.87. The summed E-state index contributed by atoms with van der Waals surface area (Å²) in [5.41, 5.74) is 2.37. The molecule has 3 rings (SSSR count). The maximum atomic E-state index is 12.8. The van der Waals surface area contributed by atoms with Crippen LogP contribution in [0.25, 0.3) is 0 Å². The van der Waals surface area contributed by atoms with Gasteiger partial charge in [0.25, 0.3) is 5.91 Å². The minimum atomic E-state index is -0.0601. The van der Waals surface area contributed by atoms with Gasteiger partial charge in [0.1, 0.15) is 5.37 Å². The summed E-state index contributed by atoms with van der Waals surface area (Å²) in [4.78, 5) is 30.2. The summed E-state index contributed by atoms with van der Waals surface area (Å²) < 4.78 is 0. The van der Waals surface area contributed by atoms with Crippen LogP contribution in [-0.2, 0) is 4.79 Å². The Labute approximate surface area is 169 Å². The molecule has 1 aliphatic rings. The predicted octanol–water partition coefficient (Wildman–Crippen LogP) is 4.57. The van der Waals surface area contributed by atoms with Crippen molar-refractivity contribution in [2.24, 2.45) is 0 Å². The molecule has 2 amide bonds. The Balaban J connectivity index is 1.78. The predicted molar refractivity (Wildman–Crippen MR) is 113 cm³/mol. The number of thiophene rings is 1. The normalized spacial score (nSPS) is 19.7. The van der Waals surface area contributed by atoms with E-state index in [4.69, 9.17) is 0 Å². The second kappa shape index (κ2) is 8.48. The van der Waals surface area contributed by atoms with E-state index in [1.807, 2.05) is 60.2 Å². The number of nitrogens with zero attached hydrogens (tertiary/aromatic N) is 2. The van der Waals surface area contributed by atoms with Gasteiger partial charge in [0.15, 0.2) is 0 Å². The van der Waals surface area contributed by atoms with E-state index in [-0.39, 0.29) is 28.5 Å². The van der Waals surface area contributed by atoms with E-state index in [0.717, 1.165) is 4.88 Å². The highest BCUT2D eigenvalue weighted by molar-refractivity contribution is 8.01. The van der Waals surface area contributed by atoms with Crippen LogP contribution < -0.4 is 0 Å². The van der Waals surface area contributed by atoms with Crippen LogP contribution in [0.15, 0.2) is 41.8 Å². The third-order valence-corrected chi connectivity index (χ3v) is 7.13. The average molecular weight is 403 g/mol. The van der Waals surface area contributed by atoms with Gasteiger partial charge in [0.2, 0.25) is 5.91 Å². The molecule has 2 atom stereocenters. The lowest BCUT2D eigenvalue weighted by Gasteiger charge is -2.31. The van der Waals surface area contributed by atoms with Crippen LogP contribution in [0, 0.1) is 6.92 Å². The Hall–Kier alpha value is -1.79. The van der Waals surface area contributed by atoms with Crippen LogP contribution in [0.2, 0.25) is 0 Å². The lowest BCUT2D eigenvalue weighted by Crippen LogP contribution is -2.43. The number of rotatable bonds is 6. The molecule has 2 heterocycles. The van der Waals surface area contributed by atoms with Crippen LogP contribution in [0.4, 0.5) is 0 Å². The van der Waals surface area contributed by atoms with Crippen molar-refractivity contribution in [3.8, 4) is 0 Å². The molecule has 0 spiro atoms. The fourth-order valence-corrected chi connectivity index (χ4v) is 5.44. The van der Waals surface area contributed by atoms with Crippen LogP contribution in [0.1, 0.15) is 46.9 Å². The molecule has 0 aliphatic carbocycles. The Morgan fingerprint density at radius 2 is 1.96 bits per heavy atom. The standard InChI is InChI=1S/C21H26N2O2S2/c1-14(2)22(20(25)18-10-7-13-26-18)11-12-23-19(24)16(4)27-21(23)17-9-6-5-8-15(17)3/h5-10,13-14,16,21H,11-12H2,1-4H3/t16-,21-/m1/s1. The molecule has 1 aromatic carbocycles. The highest BCUT2D eigenvalue weighted by Crippen LogP contribution is 2.43. The second-order valence-corrected chi connectivity index (χ2v) is 9.46. The number of hydrogen-bond acceptors (Lipinski definition) is 4. The van der Waals surface area contributed by atoms with Crippen LogP contribution in [-0.4, -0.2) is 46.0 Å². The SMILES string of the molecule is Cc1ccccc1[C@H]1S[C@H](C)C(=O)N1CCN(C(=O)c1cccs1)C(C)C. The molecule has 0 saturated carbocycles. The van der Waals surface area contributed by atoms with Gasteiger partial charge in [-0.15, -0.1) is 23.1 Å². The molecule has 0 bridgehead atoms. The highest BCUT2D eigenvalue weighted by atomic mass is 32.2. The van der Waals surface area contributed by atoms with Crippen molar-refractivity contribution in [2.75, 3.05) is 13.1 Å². The molecule has 27 heavy (non-hydrogen) atoms. The fourth-order valence-electron chi connectivity index (χ4n) is 3.36. The first-order valence-corrected chi connectivity index (χ1v) is 11.1. The first-order chi connectivity index (χ1) is 12.9. The van der Waals surface area contributed by atoms with E-state index in [2.05, 4.69) is 19.1 Å². The van der Waals surface area contributed by atoms with Crippen molar-refractivity contribution in [2.45, 2.75) is 44.4 Å². The first-order valence-electron chi connectivity index (χ1n) is 9.26. The molecular formula is C21H26N2O2S2. The molecular weight excluding hydrogens is 376 g/mol. The lowest BCUT2D eigenvalue weighted by molar-refractivity contribution is -0.130. The van der Waals surface area contributed by atoms with Gasteiger partial charge in [-0.1, -0.05) is 30.3 Å². The van der Waals surface area contributed by atoms with Crippen molar-refractivity contribution in [3.63, 3.8) is 0 Å². The molecule has 144 valence electrons. The van der Waals surface area contributed by atoms with Crippen molar-refractivity contribution in [1.29, 1.82) is 0 Å². The van der Waals surface area contributed by atoms with Gasteiger partial charge in [0, 0.05) is 19.1 Å². The lowest BCUT2D eigenvalue weighted by atomic mass is 10.1. The fraction of sp³-hybridized carbons (Fsp3) is 0.429. The Morgan fingerprint density at radius 3 is 2.59 bits per heavy atom. The first kappa shape index (κ1) is 20.0. The number of benzene rings is 1. The molecule has 6 heteroatoms. The number of carbonyl (C=O) groups excluding carboxylic acids is 2. The molecule has 1 saturated heterocycles. The van der Waals surface area contributed by atoms with Gasteiger partial charge in [-0.2, -0.15) is 0 Å². The number of amides is 2. The van der Waals surface area contributed by atoms with E-state index < -0.39 is 0 Å². The largest absolute Gasteiger partial charge is 0.334 e. The van der Waals surface area contributed by atoms with E-state index in [1.54, 1.807) is 11.8 Å². The number of carbonyl (C=O) groups is 2. The van der Waals surface area contributed by atoms with Gasteiger partial charge in [-0.3, -0.25) is 9.59 Å². The molecule has 1 aromatic heterocycles. The van der Waals surface area contributed by atoms with Gasteiger partial charge in [-0.05, 0) is 50.3 Å². The molecule has 0 radical (unpaired) electrons. The summed E-state index contributed by atoms with van der Waals surface area (Å²) >= 11 is 3.15. The summed E-state index contributed by atoms with van der Waals surface area (Å²) in [6.45, 7) is 9.18. The minimum absolute atomic E-state index is 0.0135. The van der Waals surface area contributed by atoms with Gasteiger partial charge >= 0.3 is 0 Å².